The lowest BCUT2D eigenvalue weighted by molar-refractivity contribution is 0.0951. The van der Waals surface area contributed by atoms with Gasteiger partial charge in [0.05, 0.1) is 40.1 Å². The summed E-state index contributed by atoms with van der Waals surface area (Å²) in [5.74, 6) is -0.529. The molecule has 9 heteroatoms. The van der Waals surface area contributed by atoms with Crippen LogP contribution in [0.2, 0.25) is 10.0 Å². The first-order chi connectivity index (χ1) is 15.9. The van der Waals surface area contributed by atoms with Gasteiger partial charge >= 0.3 is 0 Å². The number of halogens is 3. The molecular weight excluding hydrogens is 468 g/mol. The zero-order valence-corrected chi connectivity index (χ0v) is 19.0. The lowest BCUT2D eigenvalue weighted by Gasteiger charge is -2.13. The molecule has 0 saturated carbocycles. The van der Waals surface area contributed by atoms with Crippen LogP contribution in [-0.2, 0) is 6.61 Å². The van der Waals surface area contributed by atoms with Gasteiger partial charge in [0.25, 0.3) is 5.91 Å². The molecule has 0 bridgehead atoms. The minimum atomic E-state index is -0.802. The molecule has 33 heavy (non-hydrogen) atoms. The van der Waals surface area contributed by atoms with E-state index in [4.69, 9.17) is 37.9 Å². The maximum atomic E-state index is 13.9. The third-order valence-corrected chi connectivity index (χ3v) is 5.11. The quantitative estimate of drug-likeness (QED) is 0.325. The number of carbonyl (C=O) groups excluding carboxylic acids is 1. The van der Waals surface area contributed by atoms with Crippen LogP contribution in [0.4, 0.5) is 4.39 Å². The SMILES string of the molecule is CCOc1cc(/C=N\NC(=O)c2ccc(C#N)cc2F)ccc1OCc1ccc(Cl)c(Cl)c1. The van der Waals surface area contributed by atoms with Gasteiger partial charge in [0.1, 0.15) is 12.4 Å². The minimum Gasteiger partial charge on any atom is -0.490 e. The van der Waals surface area contributed by atoms with E-state index in [0.29, 0.717) is 33.7 Å². The fourth-order valence-electron chi connectivity index (χ4n) is 2.78. The Balaban J connectivity index is 1.67. The van der Waals surface area contributed by atoms with Crippen LogP contribution in [-0.4, -0.2) is 18.7 Å². The van der Waals surface area contributed by atoms with Crippen molar-refractivity contribution in [2.24, 2.45) is 5.10 Å². The van der Waals surface area contributed by atoms with E-state index in [1.807, 2.05) is 13.0 Å². The maximum absolute atomic E-state index is 13.9. The fourth-order valence-corrected chi connectivity index (χ4v) is 3.10. The van der Waals surface area contributed by atoms with Crippen LogP contribution >= 0.6 is 23.2 Å². The van der Waals surface area contributed by atoms with E-state index in [1.54, 1.807) is 36.4 Å². The van der Waals surface area contributed by atoms with Crippen molar-refractivity contribution in [2.45, 2.75) is 13.5 Å². The number of nitriles is 1. The highest BCUT2D eigenvalue weighted by Gasteiger charge is 2.12. The maximum Gasteiger partial charge on any atom is 0.274 e. The standard InChI is InChI=1S/C24H18Cl2FN3O3/c1-2-32-23-11-16(5-8-22(23)33-14-17-4-7-19(25)20(26)9-17)13-29-30-24(31)18-6-3-15(12-28)10-21(18)27/h3-11,13H,2,14H2,1H3,(H,30,31)/b29-13-. The molecule has 0 aliphatic rings. The van der Waals surface area contributed by atoms with Gasteiger partial charge in [0.15, 0.2) is 11.5 Å². The van der Waals surface area contributed by atoms with Gasteiger partial charge < -0.3 is 9.47 Å². The lowest BCUT2D eigenvalue weighted by Crippen LogP contribution is -2.19. The van der Waals surface area contributed by atoms with Crippen molar-refractivity contribution in [1.82, 2.24) is 5.43 Å². The van der Waals surface area contributed by atoms with Crippen LogP contribution in [0.25, 0.3) is 0 Å². The summed E-state index contributed by atoms with van der Waals surface area (Å²) >= 11 is 12.0. The second-order valence-electron chi connectivity index (χ2n) is 6.68. The summed E-state index contributed by atoms with van der Waals surface area (Å²) in [7, 11) is 0. The molecule has 0 aliphatic heterocycles. The Hall–Kier alpha value is -3.60. The van der Waals surface area contributed by atoms with E-state index in [0.717, 1.165) is 11.6 Å². The topological polar surface area (TPSA) is 83.7 Å². The zero-order valence-electron chi connectivity index (χ0n) is 17.4. The second kappa shape index (κ2) is 11.3. The van der Waals surface area contributed by atoms with Crippen molar-refractivity contribution in [3.05, 3.63) is 92.7 Å². The number of benzene rings is 3. The third kappa shape index (κ3) is 6.45. The van der Waals surface area contributed by atoms with E-state index in [2.05, 4.69) is 10.5 Å². The lowest BCUT2D eigenvalue weighted by atomic mass is 10.1. The number of amides is 1. The summed E-state index contributed by atoms with van der Waals surface area (Å²) in [5.41, 5.74) is 3.64. The highest BCUT2D eigenvalue weighted by atomic mass is 35.5. The van der Waals surface area contributed by atoms with Gasteiger partial charge in [-0.1, -0.05) is 29.3 Å². The van der Waals surface area contributed by atoms with Crippen LogP contribution in [0.3, 0.4) is 0 Å². The monoisotopic (exact) mass is 485 g/mol. The second-order valence-corrected chi connectivity index (χ2v) is 7.50. The zero-order chi connectivity index (χ0) is 23.8. The number of carbonyl (C=O) groups is 1. The first-order valence-electron chi connectivity index (χ1n) is 9.78. The predicted octanol–water partition coefficient (Wildman–Crippen LogP) is 5.75. The number of ether oxygens (including phenoxy) is 2. The van der Waals surface area contributed by atoms with Crippen molar-refractivity contribution in [2.75, 3.05) is 6.61 Å². The van der Waals surface area contributed by atoms with Crippen LogP contribution < -0.4 is 14.9 Å². The van der Waals surface area contributed by atoms with Gasteiger partial charge in [-0.2, -0.15) is 10.4 Å². The molecule has 1 amide bonds. The average molecular weight is 486 g/mol. The highest BCUT2D eigenvalue weighted by molar-refractivity contribution is 6.42. The molecule has 0 atom stereocenters. The number of hydrogen-bond acceptors (Lipinski definition) is 5. The number of rotatable bonds is 8. The molecular formula is C24H18Cl2FN3O3. The molecule has 3 rings (SSSR count). The van der Waals surface area contributed by atoms with E-state index in [9.17, 15) is 9.18 Å². The van der Waals surface area contributed by atoms with Gasteiger partial charge in [0, 0.05) is 0 Å². The molecule has 0 fully saturated rings. The van der Waals surface area contributed by atoms with E-state index < -0.39 is 11.7 Å². The molecule has 1 N–H and O–H groups in total. The van der Waals surface area contributed by atoms with Crippen molar-refractivity contribution in [3.63, 3.8) is 0 Å². The van der Waals surface area contributed by atoms with Gasteiger partial charge in [-0.05, 0) is 66.6 Å². The molecule has 0 spiro atoms. The summed E-state index contributed by atoms with van der Waals surface area (Å²) < 4.78 is 25.4. The van der Waals surface area contributed by atoms with Crippen LogP contribution in [0.5, 0.6) is 11.5 Å². The van der Waals surface area contributed by atoms with Crippen molar-refractivity contribution < 1.29 is 18.7 Å². The highest BCUT2D eigenvalue weighted by Crippen LogP contribution is 2.30. The van der Waals surface area contributed by atoms with Gasteiger partial charge in [-0.3, -0.25) is 4.79 Å². The fraction of sp³-hybridized carbons (Fsp3) is 0.125. The van der Waals surface area contributed by atoms with Crippen molar-refractivity contribution in [3.8, 4) is 17.6 Å². The third-order valence-electron chi connectivity index (χ3n) is 4.37. The van der Waals surface area contributed by atoms with Crippen LogP contribution in [0, 0.1) is 17.1 Å². The molecule has 168 valence electrons. The Morgan fingerprint density at radius 1 is 1.09 bits per heavy atom. The van der Waals surface area contributed by atoms with E-state index in [-0.39, 0.29) is 17.7 Å². The molecule has 0 radical (unpaired) electrons. The Labute approximate surface area is 200 Å². The van der Waals surface area contributed by atoms with Crippen molar-refractivity contribution in [1.29, 1.82) is 5.26 Å². The summed E-state index contributed by atoms with van der Waals surface area (Å²) in [6.45, 7) is 2.52. The van der Waals surface area contributed by atoms with Gasteiger partial charge in [-0.25, -0.2) is 9.82 Å². The van der Waals surface area contributed by atoms with E-state index >= 15 is 0 Å². The number of hydrogen-bond donors (Lipinski definition) is 1. The Morgan fingerprint density at radius 2 is 1.91 bits per heavy atom. The van der Waals surface area contributed by atoms with Gasteiger partial charge in [-0.15, -0.1) is 0 Å². The normalized spacial score (nSPS) is 10.6. The van der Waals surface area contributed by atoms with Crippen LogP contribution in [0.1, 0.15) is 34.0 Å². The minimum absolute atomic E-state index is 0.123. The summed E-state index contributed by atoms with van der Waals surface area (Å²) in [6.07, 6.45) is 1.39. The van der Waals surface area contributed by atoms with Crippen molar-refractivity contribution >= 4 is 35.3 Å². The molecule has 0 unspecified atom stereocenters. The first-order valence-corrected chi connectivity index (χ1v) is 10.5. The molecule has 0 saturated heterocycles. The number of nitrogens with one attached hydrogen (secondary N) is 1. The molecule has 3 aromatic rings. The Morgan fingerprint density at radius 3 is 2.61 bits per heavy atom. The predicted molar refractivity (Wildman–Crippen MR) is 125 cm³/mol. The van der Waals surface area contributed by atoms with E-state index in [1.165, 1.54) is 18.3 Å². The first kappa shape index (κ1) is 24.1. The Kier molecular flexibility index (Phi) is 8.25. The smallest absolute Gasteiger partial charge is 0.274 e. The summed E-state index contributed by atoms with van der Waals surface area (Å²) in [4.78, 5) is 12.1. The number of hydrazone groups is 1. The summed E-state index contributed by atoms with van der Waals surface area (Å²) in [5, 5.41) is 13.6. The molecule has 3 aromatic carbocycles. The largest absolute Gasteiger partial charge is 0.490 e. The van der Waals surface area contributed by atoms with Gasteiger partial charge in [0.2, 0.25) is 0 Å². The summed E-state index contributed by atoms with van der Waals surface area (Å²) in [6, 6.07) is 15.8. The molecule has 0 aliphatic carbocycles. The molecule has 0 aromatic heterocycles. The van der Waals surface area contributed by atoms with Crippen LogP contribution in [0.15, 0.2) is 59.7 Å². The molecule has 6 nitrogen and oxygen atoms in total. The molecule has 0 heterocycles. The average Bonchev–Trinajstić information content (AvgIpc) is 2.80. The number of nitrogens with zero attached hydrogens (tertiary/aromatic N) is 2. The Bertz CT molecular complexity index is 1240.